The number of nitrogens with two attached hydrogens (primary N) is 1. The minimum Gasteiger partial charge on any atom is -0.343 e. The van der Waals surface area contributed by atoms with Gasteiger partial charge in [0.05, 0.1) is 5.54 Å². The summed E-state index contributed by atoms with van der Waals surface area (Å²) in [6.45, 7) is 6.17. The fourth-order valence-electron chi connectivity index (χ4n) is 2.15. The average molecular weight is 242 g/mol. The lowest BCUT2D eigenvalue weighted by molar-refractivity contribution is -0.147. The van der Waals surface area contributed by atoms with Gasteiger partial charge in [0.15, 0.2) is 0 Å². The van der Waals surface area contributed by atoms with Crippen LogP contribution >= 0.6 is 0 Å². The van der Waals surface area contributed by atoms with Gasteiger partial charge in [-0.25, -0.2) is 5.84 Å². The van der Waals surface area contributed by atoms with Crippen molar-refractivity contribution < 1.29 is 9.59 Å². The van der Waals surface area contributed by atoms with Crippen LogP contribution in [0.4, 0.5) is 0 Å². The van der Waals surface area contributed by atoms with E-state index >= 15 is 0 Å². The van der Waals surface area contributed by atoms with Crippen LogP contribution in [0.3, 0.4) is 0 Å². The first-order valence-corrected chi connectivity index (χ1v) is 5.89. The van der Waals surface area contributed by atoms with Crippen molar-refractivity contribution in [1.29, 1.82) is 0 Å². The molecule has 0 aromatic rings. The van der Waals surface area contributed by atoms with Gasteiger partial charge in [-0.05, 0) is 26.8 Å². The maximum Gasteiger partial charge on any atom is 0.242 e. The number of likely N-dealkylation sites (N-methyl/N-ethyl adjacent to an activating group) is 1. The van der Waals surface area contributed by atoms with E-state index in [2.05, 4.69) is 10.3 Å². The van der Waals surface area contributed by atoms with Gasteiger partial charge in [0.1, 0.15) is 0 Å². The Bertz CT molecular complexity index is 304. The molecule has 6 heteroatoms. The molecule has 98 valence electrons. The molecule has 0 aromatic heterocycles. The third-order valence-electron chi connectivity index (χ3n) is 3.36. The van der Waals surface area contributed by atoms with E-state index < -0.39 is 5.54 Å². The van der Waals surface area contributed by atoms with Gasteiger partial charge in [0.25, 0.3) is 0 Å². The summed E-state index contributed by atoms with van der Waals surface area (Å²) in [7, 11) is 1.82. The standard InChI is InChI=1S/C11H22N4O2/c1-11(2)10(17)14(3)7-8-15(11)6-4-5-9(16)13-12/h4-8,12H2,1-3H3,(H,13,16). The number of nitrogens with zero attached hydrogens (tertiary/aromatic N) is 2. The second kappa shape index (κ2) is 5.46. The van der Waals surface area contributed by atoms with Gasteiger partial charge in [0, 0.05) is 26.6 Å². The van der Waals surface area contributed by atoms with Crippen LogP contribution in [0.25, 0.3) is 0 Å². The Kier molecular flexibility index (Phi) is 4.47. The molecule has 0 aromatic carbocycles. The van der Waals surface area contributed by atoms with Gasteiger partial charge in [-0.1, -0.05) is 0 Å². The highest BCUT2D eigenvalue weighted by Crippen LogP contribution is 2.21. The smallest absolute Gasteiger partial charge is 0.242 e. The predicted molar refractivity (Wildman–Crippen MR) is 64.9 cm³/mol. The number of hydrogen-bond donors (Lipinski definition) is 2. The Morgan fingerprint density at radius 2 is 2.12 bits per heavy atom. The van der Waals surface area contributed by atoms with Gasteiger partial charge in [-0.15, -0.1) is 0 Å². The first kappa shape index (κ1) is 13.9. The summed E-state index contributed by atoms with van der Waals surface area (Å²) < 4.78 is 0. The molecule has 1 fully saturated rings. The third-order valence-corrected chi connectivity index (χ3v) is 3.36. The molecule has 0 saturated carbocycles. The Balaban J connectivity index is 2.48. The van der Waals surface area contributed by atoms with Crippen molar-refractivity contribution in [2.75, 3.05) is 26.7 Å². The number of amides is 2. The van der Waals surface area contributed by atoms with Crippen molar-refractivity contribution in [3.8, 4) is 0 Å². The molecule has 17 heavy (non-hydrogen) atoms. The highest BCUT2D eigenvalue weighted by atomic mass is 16.2. The molecule has 1 saturated heterocycles. The molecular formula is C11H22N4O2. The van der Waals surface area contributed by atoms with E-state index in [1.54, 1.807) is 4.90 Å². The second-order valence-corrected chi connectivity index (χ2v) is 4.94. The molecule has 2 amide bonds. The van der Waals surface area contributed by atoms with Crippen LogP contribution in [-0.2, 0) is 9.59 Å². The van der Waals surface area contributed by atoms with Crippen LogP contribution in [0.2, 0.25) is 0 Å². The fourth-order valence-corrected chi connectivity index (χ4v) is 2.15. The zero-order chi connectivity index (χ0) is 13.1. The Morgan fingerprint density at radius 1 is 1.47 bits per heavy atom. The summed E-state index contributed by atoms with van der Waals surface area (Å²) in [5.41, 5.74) is 1.63. The van der Waals surface area contributed by atoms with E-state index in [0.717, 1.165) is 19.6 Å². The summed E-state index contributed by atoms with van der Waals surface area (Å²) in [6, 6.07) is 0. The number of carbonyl (C=O) groups excluding carboxylic acids is 2. The quantitative estimate of drug-likeness (QED) is 0.388. The number of hydrogen-bond acceptors (Lipinski definition) is 4. The Labute approximate surface area is 102 Å². The monoisotopic (exact) mass is 242 g/mol. The van der Waals surface area contributed by atoms with E-state index in [0.29, 0.717) is 12.8 Å². The second-order valence-electron chi connectivity index (χ2n) is 4.94. The van der Waals surface area contributed by atoms with Crippen molar-refractivity contribution in [1.82, 2.24) is 15.2 Å². The zero-order valence-electron chi connectivity index (χ0n) is 10.8. The summed E-state index contributed by atoms with van der Waals surface area (Å²) in [5.74, 6) is 4.98. The summed E-state index contributed by atoms with van der Waals surface area (Å²) in [4.78, 5) is 26.9. The summed E-state index contributed by atoms with van der Waals surface area (Å²) in [6.07, 6.45) is 1.11. The molecule has 0 atom stereocenters. The van der Waals surface area contributed by atoms with E-state index in [-0.39, 0.29) is 11.8 Å². The van der Waals surface area contributed by atoms with E-state index in [9.17, 15) is 9.59 Å². The van der Waals surface area contributed by atoms with Gasteiger partial charge in [0.2, 0.25) is 11.8 Å². The van der Waals surface area contributed by atoms with Crippen molar-refractivity contribution in [3.63, 3.8) is 0 Å². The highest BCUT2D eigenvalue weighted by Gasteiger charge is 2.39. The van der Waals surface area contributed by atoms with Crippen LogP contribution < -0.4 is 11.3 Å². The lowest BCUT2D eigenvalue weighted by atomic mass is 9.97. The lowest BCUT2D eigenvalue weighted by Crippen LogP contribution is -2.62. The van der Waals surface area contributed by atoms with E-state index in [1.807, 2.05) is 20.9 Å². The number of rotatable bonds is 4. The largest absolute Gasteiger partial charge is 0.343 e. The molecule has 0 unspecified atom stereocenters. The van der Waals surface area contributed by atoms with Gasteiger partial charge in [-0.2, -0.15) is 0 Å². The Morgan fingerprint density at radius 3 is 2.71 bits per heavy atom. The number of piperazine rings is 1. The molecule has 0 aliphatic carbocycles. The van der Waals surface area contributed by atoms with Crippen LogP contribution in [0.1, 0.15) is 26.7 Å². The van der Waals surface area contributed by atoms with E-state index in [1.165, 1.54) is 0 Å². The van der Waals surface area contributed by atoms with Crippen LogP contribution in [0.5, 0.6) is 0 Å². The van der Waals surface area contributed by atoms with E-state index in [4.69, 9.17) is 5.84 Å². The molecule has 0 spiro atoms. The van der Waals surface area contributed by atoms with Gasteiger partial charge >= 0.3 is 0 Å². The van der Waals surface area contributed by atoms with Crippen molar-refractivity contribution >= 4 is 11.8 Å². The summed E-state index contributed by atoms with van der Waals surface area (Å²) >= 11 is 0. The predicted octanol–water partition coefficient (Wildman–Crippen LogP) is -0.691. The minimum absolute atomic E-state index is 0.132. The number of nitrogens with one attached hydrogen (secondary N) is 1. The Hall–Kier alpha value is -1.14. The van der Waals surface area contributed by atoms with Crippen molar-refractivity contribution in [2.24, 2.45) is 5.84 Å². The topological polar surface area (TPSA) is 78.7 Å². The molecule has 1 aliphatic rings. The molecule has 0 bridgehead atoms. The zero-order valence-corrected chi connectivity index (χ0v) is 10.8. The van der Waals surface area contributed by atoms with Crippen molar-refractivity contribution in [2.45, 2.75) is 32.2 Å². The number of carbonyl (C=O) groups is 2. The fraction of sp³-hybridized carbons (Fsp3) is 0.818. The maximum absolute atomic E-state index is 12.0. The third kappa shape index (κ3) is 3.17. The first-order valence-electron chi connectivity index (χ1n) is 5.89. The molecular weight excluding hydrogens is 220 g/mol. The van der Waals surface area contributed by atoms with Crippen LogP contribution in [0, 0.1) is 0 Å². The molecule has 0 radical (unpaired) electrons. The molecule has 6 nitrogen and oxygen atoms in total. The molecule has 1 aliphatic heterocycles. The molecule has 3 N–H and O–H groups in total. The SMILES string of the molecule is CN1CCN(CCCC(=O)NN)C(C)(C)C1=O. The normalized spacial score (nSPS) is 20.5. The maximum atomic E-state index is 12.0. The highest BCUT2D eigenvalue weighted by molar-refractivity contribution is 5.86. The van der Waals surface area contributed by atoms with Crippen LogP contribution in [0.15, 0.2) is 0 Å². The average Bonchev–Trinajstić information content (AvgIpc) is 2.29. The number of hydrazine groups is 1. The van der Waals surface area contributed by atoms with Crippen molar-refractivity contribution in [3.05, 3.63) is 0 Å². The molecule has 1 heterocycles. The lowest BCUT2D eigenvalue weighted by Gasteiger charge is -2.44. The summed E-state index contributed by atoms with van der Waals surface area (Å²) in [5, 5.41) is 0. The van der Waals surface area contributed by atoms with Gasteiger partial charge in [-0.3, -0.25) is 19.9 Å². The first-order chi connectivity index (χ1) is 7.89. The minimum atomic E-state index is -0.480. The van der Waals surface area contributed by atoms with Gasteiger partial charge < -0.3 is 4.90 Å². The molecule has 1 rings (SSSR count). The van der Waals surface area contributed by atoms with Crippen LogP contribution in [-0.4, -0.2) is 53.8 Å².